The Hall–Kier alpha value is -1.23. The number of benzene rings is 2. The first kappa shape index (κ1) is 13.2. The van der Waals surface area contributed by atoms with Gasteiger partial charge in [-0.1, -0.05) is 24.3 Å². The molecular weight excluding hydrogens is 335 g/mol. The highest BCUT2D eigenvalue weighted by molar-refractivity contribution is 14.1. The SMILES string of the molecule is Cc1ccccc1C(C)Nc1ccc(I)cc1N. The topological polar surface area (TPSA) is 38.0 Å². The highest BCUT2D eigenvalue weighted by atomic mass is 127. The number of hydrogen-bond acceptors (Lipinski definition) is 2. The summed E-state index contributed by atoms with van der Waals surface area (Å²) < 4.78 is 1.15. The molecule has 0 bridgehead atoms. The van der Waals surface area contributed by atoms with Crippen LogP contribution in [0, 0.1) is 10.5 Å². The highest BCUT2D eigenvalue weighted by Gasteiger charge is 2.09. The summed E-state index contributed by atoms with van der Waals surface area (Å²) >= 11 is 2.26. The number of nitrogens with one attached hydrogen (secondary N) is 1. The fraction of sp³-hybridized carbons (Fsp3) is 0.200. The molecule has 1 unspecified atom stereocenters. The van der Waals surface area contributed by atoms with Crippen LogP contribution in [-0.4, -0.2) is 0 Å². The average molecular weight is 352 g/mol. The van der Waals surface area contributed by atoms with Crippen LogP contribution in [0.2, 0.25) is 0 Å². The van der Waals surface area contributed by atoms with Gasteiger partial charge in [0.1, 0.15) is 0 Å². The monoisotopic (exact) mass is 352 g/mol. The molecule has 0 aliphatic heterocycles. The molecule has 0 amide bonds. The van der Waals surface area contributed by atoms with E-state index < -0.39 is 0 Å². The number of halogens is 1. The van der Waals surface area contributed by atoms with Crippen LogP contribution >= 0.6 is 22.6 Å². The smallest absolute Gasteiger partial charge is 0.0579 e. The fourth-order valence-electron chi connectivity index (χ4n) is 2.05. The van der Waals surface area contributed by atoms with E-state index in [1.807, 2.05) is 12.1 Å². The zero-order valence-electron chi connectivity index (χ0n) is 10.6. The minimum absolute atomic E-state index is 0.244. The second-order valence-corrected chi connectivity index (χ2v) is 5.70. The molecule has 0 aliphatic carbocycles. The molecule has 18 heavy (non-hydrogen) atoms. The summed E-state index contributed by atoms with van der Waals surface area (Å²) in [6, 6.07) is 14.7. The van der Waals surface area contributed by atoms with Crippen molar-refractivity contribution in [2.75, 3.05) is 11.1 Å². The van der Waals surface area contributed by atoms with Crippen molar-refractivity contribution < 1.29 is 0 Å². The maximum Gasteiger partial charge on any atom is 0.0579 e. The van der Waals surface area contributed by atoms with Crippen molar-refractivity contribution in [1.29, 1.82) is 0 Å². The van der Waals surface area contributed by atoms with Gasteiger partial charge >= 0.3 is 0 Å². The van der Waals surface area contributed by atoms with Gasteiger partial charge in [0.15, 0.2) is 0 Å². The summed E-state index contributed by atoms with van der Waals surface area (Å²) in [4.78, 5) is 0. The molecular formula is C15H17IN2. The van der Waals surface area contributed by atoms with Gasteiger partial charge in [0.05, 0.1) is 11.4 Å². The van der Waals surface area contributed by atoms with Gasteiger partial charge in [-0.25, -0.2) is 0 Å². The predicted molar refractivity (Wildman–Crippen MR) is 86.8 cm³/mol. The first-order valence-corrected chi connectivity index (χ1v) is 7.03. The Kier molecular flexibility index (Phi) is 4.11. The molecule has 0 saturated heterocycles. The highest BCUT2D eigenvalue weighted by Crippen LogP contribution is 2.26. The molecule has 0 aromatic heterocycles. The third-order valence-corrected chi connectivity index (χ3v) is 3.71. The summed E-state index contributed by atoms with van der Waals surface area (Å²) in [5.41, 5.74) is 10.4. The summed E-state index contributed by atoms with van der Waals surface area (Å²) in [7, 11) is 0. The maximum absolute atomic E-state index is 6.02. The van der Waals surface area contributed by atoms with E-state index in [0.717, 1.165) is 14.9 Å². The lowest BCUT2D eigenvalue weighted by Crippen LogP contribution is -2.09. The Labute approximate surface area is 122 Å². The van der Waals surface area contributed by atoms with E-state index in [9.17, 15) is 0 Å². The molecule has 3 N–H and O–H groups in total. The molecule has 1 atom stereocenters. The Bertz CT molecular complexity index is 552. The summed E-state index contributed by atoms with van der Waals surface area (Å²) in [6.45, 7) is 4.28. The average Bonchev–Trinajstić information content (AvgIpc) is 2.33. The minimum Gasteiger partial charge on any atom is -0.397 e. The maximum atomic E-state index is 6.02. The molecule has 2 aromatic carbocycles. The quantitative estimate of drug-likeness (QED) is 0.637. The molecule has 0 fully saturated rings. The minimum atomic E-state index is 0.244. The lowest BCUT2D eigenvalue weighted by molar-refractivity contribution is 0.875. The van der Waals surface area contributed by atoms with Gasteiger partial charge in [-0.2, -0.15) is 0 Å². The Morgan fingerprint density at radius 1 is 1.17 bits per heavy atom. The van der Waals surface area contributed by atoms with Crippen molar-refractivity contribution in [1.82, 2.24) is 0 Å². The Balaban J connectivity index is 2.21. The van der Waals surface area contributed by atoms with Crippen molar-refractivity contribution in [3.05, 3.63) is 57.2 Å². The van der Waals surface area contributed by atoms with E-state index >= 15 is 0 Å². The first-order valence-electron chi connectivity index (χ1n) is 5.95. The van der Waals surface area contributed by atoms with Gasteiger partial charge in [0, 0.05) is 9.61 Å². The van der Waals surface area contributed by atoms with Gasteiger partial charge in [-0.15, -0.1) is 0 Å². The van der Waals surface area contributed by atoms with Crippen LogP contribution in [0.25, 0.3) is 0 Å². The largest absolute Gasteiger partial charge is 0.397 e. The van der Waals surface area contributed by atoms with E-state index in [0.29, 0.717) is 0 Å². The van der Waals surface area contributed by atoms with Gasteiger partial charge in [-0.05, 0) is 65.8 Å². The van der Waals surface area contributed by atoms with Crippen LogP contribution in [0.5, 0.6) is 0 Å². The molecule has 2 aromatic rings. The van der Waals surface area contributed by atoms with Gasteiger partial charge in [0.2, 0.25) is 0 Å². The van der Waals surface area contributed by atoms with Crippen LogP contribution in [0.1, 0.15) is 24.1 Å². The number of nitrogen functional groups attached to an aromatic ring is 1. The van der Waals surface area contributed by atoms with Crippen LogP contribution in [0.4, 0.5) is 11.4 Å². The van der Waals surface area contributed by atoms with Gasteiger partial charge < -0.3 is 11.1 Å². The molecule has 0 spiro atoms. The number of rotatable bonds is 3. The van der Waals surface area contributed by atoms with Crippen LogP contribution in [0.3, 0.4) is 0 Å². The van der Waals surface area contributed by atoms with E-state index in [1.54, 1.807) is 0 Å². The van der Waals surface area contributed by atoms with Crippen LogP contribution in [0.15, 0.2) is 42.5 Å². The van der Waals surface area contributed by atoms with Crippen LogP contribution < -0.4 is 11.1 Å². The molecule has 0 radical (unpaired) electrons. The lowest BCUT2D eigenvalue weighted by Gasteiger charge is -2.19. The van der Waals surface area contributed by atoms with Crippen molar-refractivity contribution in [3.8, 4) is 0 Å². The number of anilines is 2. The molecule has 3 heteroatoms. The zero-order valence-corrected chi connectivity index (χ0v) is 12.7. The second-order valence-electron chi connectivity index (χ2n) is 4.45. The molecule has 2 nitrogen and oxygen atoms in total. The summed E-state index contributed by atoms with van der Waals surface area (Å²) in [6.07, 6.45) is 0. The van der Waals surface area contributed by atoms with Gasteiger partial charge in [-0.3, -0.25) is 0 Å². The summed E-state index contributed by atoms with van der Waals surface area (Å²) in [5.74, 6) is 0. The molecule has 0 saturated carbocycles. The van der Waals surface area contributed by atoms with E-state index in [1.165, 1.54) is 11.1 Å². The van der Waals surface area contributed by atoms with Gasteiger partial charge in [0.25, 0.3) is 0 Å². The third kappa shape index (κ3) is 2.96. The molecule has 0 aliphatic rings. The number of nitrogens with two attached hydrogens (primary N) is 1. The molecule has 2 rings (SSSR count). The second kappa shape index (κ2) is 5.61. The first-order chi connectivity index (χ1) is 8.58. The molecule has 94 valence electrons. The lowest BCUT2D eigenvalue weighted by atomic mass is 10.0. The fourth-order valence-corrected chi connectivity index (χ4v) is 2.56. The van der Waals surface area contributed by atoms with Crippen LogP contribution in [-0.2, 0) is 0 Å². The third-order valence-electron chi connectivity index (χ3n) is 3.04. The molecule has 0 heterocycles. The Morgan fingerprint density at radius 2 is 1.89 bits per heavy atom. The normalized spacial score (nSPS) is 12.2. The van der Waals surface area contributed by atoms with E-state index in [4.69, 9.17) is 5.73 Å². The number of hydrogen-bond donors (Lipinski definition) is 2. The standard InChI is InChI=1S/C15H17IN2/c1-10-5-3-4-6-13(10)11(2)18-15-8-7-12(16)9-14(15)17/h3-9,11,18H,17H2,1-2H3. The van der Waals surface area contributed by atoms with Crippen molar-refractivity contribution >= 4 is 34.0 Å². The van der Waals surface area contributed by atoms with Crippen molar-refractivity contribution in [2.24, 2.45) is 0 Å². The predicted octanol–water partition coefficient (Wildman–Crippen LogP) is 4.35. The van der Waals surface area contributed by atoms with E-state index in [2.05, 4.69) is 72.1 Å². The van der Waals surface area contributed by atoms with E-state index in [-0.39, 0.29) is 6.04 Å². The van der Waals surface area contributed by atoms with Crippen molar-refractivity contribution in [2.45, 2.75) is 19.9 Å². The number of aryl methyl sites for hydroxylation is 1. The summed E-state index contributed by atoms with van der Waals surface area (Å²) in [5, 5.41) is 3.47. The van der Waals surface area contributed by atoms with Crippen molar-refractivity contribution in [3.63, 3.8) is 0 Å². The zero-order chi connectivity index (χ0) is 13.1. The Morgan fingerprint density at radius 3 is 2.56 bits per heavy atom.